The lowest BCUT2D eigenvalue weighted by molar-refractivity contribution is -0.320. The van der Waals surface area contributed by atoms with Crippen LogP contribution in [0.5, 0.6) is 0 Å². The van der Waals surface area contributed by atoms with Crippen LogP contribution in [0, 0.1) is 58.2 Å². The van der Waals surface area contributed by atoms with Crippen molar-refractivity contribution in [3.8, 4) is 0 Å². The second kappa shape index (κ2) is 12.1. The normalized spacial score (nSPS) is 49.6. The van der Waals surface area contributed by atoms with E-state index in [1.165, 1.54) is 38.5 Å². The molecule has 0 amide bonds. The Morgan fingerprint density at radius 3 is 2.27 bits per heavy atom. The molecule has 4 aliphatic carbocycles. The average molecular weight is 577 g/mol. The molecular weight excluding hydrogens is 516 g/mol. The molecule has 4 fully saturated rings. The van der Waals surface area contributed by atoms with Gasteiger partial charge < -0.3 is 29.9 Å². The Morgan fingerprint density at radius 2 is 1.59 bits per heavy atom. The average Bonchev–Trinajstić information content (AvgIpc) is 3.30. The molecule has 5 aliphatic rings. The summed E-state index contributed by atoms with van der Waals surface area (Å²) < 4.78 is 12.1. The fraction of sp³-hybridized carbons (Fsp3) is 0.943. The van der Waals surface area contributed by atoms with Crippen LogP contribution in [-0.4, -0.2) is 63.8 Å². The summed E-state index contributed by atoms with van der Waals surface area (Å²) in [6.45, 7) is 16.7. The monoisotopic (exact) mass is 576 g/mol. The second-order valence-electron chi connectivity index (χ2n) is 15.9. The number of hydrogen-bond acceptors (Lipinski definition) is 6. The van der Waals surface area contributed by atoms with Crippen LogP contribution in [-0.2, 0) is 9.47 Å². The number of ether oxygens (including phenoxy) is 2. The largest absolute Gasteiger partial charge is 0.394 e. The number of hydrogen-bond donors (Lipinski definition) is 4. The molecule has 1 heterocycles. The first-order valence-corrected chi connectivity index (χ1v) is 17.0. The molecule has 0 aromatic rings. The van der Waals surface area contributed by atoms with Crippen LogP contribution >= 0.6 is 0 Å². The van der Waals surface area contributed by atoms with Crippen LogP contribution in [0.1, 0.15) is 106 Å². The molecule has 6 nitrogen and oxygen atoms in total. The van der Waals surface area contributed by atoms with Crippen LogP contribution in [0.2, 0.25) is 0 Å². The number of aliphatic hydroxyl groups is 4. The van der Waals surface area contributed by atoms with Crippen molar-refractivity contribution in [2.75, 3.05) is 6.61 Å². The van der Waals surface area contributed by atoms with Crippen LogP contribution < -0.4 is 0 Å². The molecule has 4 N–H and O–H groups in total. The third-order valence-corrected chi connectivity index (χ3v) is 13.7. The topological polar surface area (TPSA) is 99.4 Å². The van der Waals surface area contributed by atoms with Gasteiger partial charge in [-0.25, -0.2) is 0 Å². The van der Waals surface area contributed by atoms with E-state index < -0.39 is 37.3 Å². The van der Waals surface area contributed by atoms with Crippen molar-refractivity contribution in [2.24, 2.45) is 58.2 Å². The predicted octanol–water partition coefficient (Wildman–Crippen LogP) is 5.70. The maximum atomic E-state index is 10.6. The molecule has 15 unspecified atom stereocenters. The highest BCUT2D eigenvalue weighted by Gasteiger charge is 2.59. The Labute approximate surface area is 249 Å². The molecular formula is C35H60O6. The van der Waals surface area contributed by atoms with Crippen molar-refractivity contribution in [1.29, 1.82) is 0 Å². The van der Waals surface area contributed by atoms with Gasteiger partial charge in [-0.05, 0) is 103 Å². The lowest BCUT2D eigenvalue weighted by Crippen LogP contribution is -2.60. The molecule has 1 saturated heterocycles. The van der Waals surface area contributed by atoms with Gasteiger partial charge in [0, 0.05) is 0 Å². The maximum absolute atomic E-state index is 10.6. The molecule has 0 bridgehead atoms. The SMILES string of the molecule is CC(C)C(C)CCC(C)C1CCC2C3=CCC4C(C)C(OC5OC(CO)C(O)C(O)C5O)CCC4(C)C3CCC21C. The standard InChI is InChI=1S/C35H60O6/c1-19(2)20(3)8-9-21(4)24-12-13-26-23-10-11-25-22(5)28(15-17-35(25,7)27(23)14-16-34(24,26)6)40-33-32(39)31(38)30(37)29(18-36)41-33/h10,19-22,24-33,36-39H,8-9,11-18H2,1-7H3. The zero-order chi connectivity index (χ0) is 29.9. The highest BCUT2D eigenvalue weighted by molar-refractivity contribution is 5.28. The number of aliphatic hydroxyl groups excluding tert-OH is 4. The van der Waals surface area contributed by atoms with Crippen LogP contribution in [0.15, 0.2) is 11.6 Å². The van der Waals surface area contributed by atoms with E-state index in [-0.39, 0.29) is 17.4 Å². The summed E-state index contributed by atoms with van der Waals surface area (Å²) in [6, 6.07) is 0. The molecule has 41 heavy (non-hydrogen) atoms. The molecule has 3 saturated carbocycles. The minimum Gasteiger partial charge on any atom is -0.394 e. The minimum atomic E-state index is -1.40. The van der Waals surface area contributed by atoms with Crippen molar-refractivity contribution in [3.63, 3.8) is 0 Å². The van der Waals surface area contributed by atoms with Crippen molar-refractivity contribution in [2.45, 2.75) is 143 Å². The zero-order valence-electron chi connectivity index (χ0n) is 26.8. The minimum absolute atomic E-state index is 0.0942. The van der Waals surface area contributed by atoms with Crippen molar-refractivity contribution >= 4 is 0 Å². The Hall–Kier alpha value is -0.500. The molecule has 236 valence electrons. The van der Waals surface area contributed by atoms with Crippen molar-refractivity contribution in [1.82, 2.24) is 0 Å². The smallest absolute Gasteiger partial charge is 0.186 e. The highest BCUT2D eigenvalue weighted by atomic mass is 16.7. The molecule has 6 heteroatoms. The third-order valence-electron chi connectivity index (χ3n) is 13.7. The van der Waals surface area contributed by atoms with E-state index in [1.54, 1.807) is 5.57 Å². The fourth-order valence-corrected chi connectivity index (χ4v) is 10.5. The van der Waals surface area contributed by atoms with Crippen LogP contribution in [0.3, 0.4) is 0 Å². The summed E-state index contributed by atoms with van der Waals surface area (Å²) in [5.74, 6) is 5.36. The van der Waals surface area contributed by atoms with Gasteiger partial charge >= 0.3 is 0 Å². The number of allylic oxidation sites excluding steroid dienone is 2. The molecule has 0 aromatic heterocycles. The van der Waals surface area contributed by atoms with E-state index in [0.29, 0.717) is 17.3 Å². The molecule has 1 aliphatic heterocycles. The molecule has 15 atom stereocenters. The zero-order valence-corrected chi connectivity index (χ0v) is 26.8. The molecule has 0 radical (unpaired) electrons. The van der Waals surface area contributed by atoms with Gasteiger partial charge in [0.1, 0.15) is 24.4 Å². The lowest BCUT2D eigenvalue weighted by atomic mass is 9.46. The van der Waals surface area contributed by atoms with Crippen LogP contribution in [0.4, 0.5) is 0 Å². The number of rotatable bonds is 8. The lowest BCUT2D eigenvalue weighted by Gasteiger charge is -2.60. The fourth-order valence-electron chi connectivity index (χ4n) is 10.5. The summed E-state index contributed by atoms with van der Waals surface area (Å²) in [4.78, 5) is 0. The molecule has 0 aromatic carbocycles. The van der Waals surface area contributed by atoms with Gasteiger partial charge in [0.05, 0.1) is 12.7 Å². The first-order chi connectivity index (χ1) is 19.3. The van der Waals surface area contributed by atoms with Gasteiger partial charge in [0.15, 0.2) is 6.29 Å². The van der Waals surface area contributed by atoms with Crippen molar-refractivity contribution in [3.05, 3.63) is 11.6 Å². The Bertz CT molecular complexity index is 934. The van der Waals surface area contributed by atoms with E-state index in [1.807, 2.05) is 0 Å². The predicted molar refractivity (Wildman–Crippen MR) is 161 cm³/mol. The summed E-state index contributed by atoms with van der Waals surface area (Å²) in [5, 5.41) is 40.6. The summed E-state index contributed by atoms with van der Waals surface area (Å²) in [5.41, 5.74) is 2.46. The summed E-state index contributed by atoms with van der Waals surface area (Å²) in [7, 11) is 0. The van der Waals surface area contributed by atoms with Gasteiger partial charge in [-0.2, -0.15) is 0 Å². The molecule has 0 spiro atoms. The quantitative estimate of drug-likeness (QED) is 0.277. The Kier molecular flexibility index (Phi) is 9.43. The van der Waals surface area contributed by atoms with E-state index in [0.717, 1.165) is 48.9 Å². The maximum Gasteiger partial charge on any atom is 0.186 e. The highest BCUT2D eigenvalue weighted by Crippen LogP contribution is 2.67. The van der Waals surface area contributed by atoms with E-state index in [9.17, 15) is 20.4 Å². The van der Waals surface area contributed by atoms with Gasteiger partial charge in [-0.3, -0.25) is 0 Å². The van der Waals surface area contributed by atoms with E-state index >= 15 is 0 Å². The van der Waals surface area contributed by atoms with E-state index in [4.69, 9.17) is 9.47 Å². The van der Waals surface area contributed by atoms with Gasteiger partial charge in [0.25, 0.3) is 0 Å². The van der Waals surface area contributed by atoms with Crippen molar-refractivity contribution < 1.29 is 29.9 Å². The van der Waals surface area contributed by atoms with Gasteiger partial charge in [-0.1, -0.05) is 73.0 Å². The number of fused-ring (bicyclic) bond motifs is 5. The third kappa shape index (κ3) is 5.50. The second-order valence-corrected chi connectivity index (χ2v) is 15.9. The van der Waals surface area contributed by atoms with Crippen LogP contribution in [0.25, 0.3) is 0 Å². The summed E-state index contributed by atoms with van der Waals surface area (Å²) >= 11 is 0. The van der Waals surface area contributed by atoms with E-state index in [2.05, 4.69) is 54.5 Å². The Morgan fingerprint density at radius 1 is 0.902 bits per heavy atom. The van der Waals surface area contributed by atoms with Gasteiger partial charge in [-0.15, -0.1) is 0 Å². The summed E-state index contributed by atoms with van der Waals surface area (Å²) in [6.07, 6.45) is 7.61. The first-order valence-electron chi connectivity index (χ1n) is 17.0. The molecule has 5 rings (SSSR count). The van der Waals surface area contributed by atoms with Gasteiger partial charge in [0.2, 0.25) is 0 Å². The first kappa shape index (κ1) is 31.9. The Balaban J connectivity index is 1.27.